The maximum atomic E-state index is 12.8. The minimum absolute atomic E-state index is 0.197. The second kappa shape index (κ2) is 7.78. The third-order valence-electron chi connectivity index (χ3n) is 5.65. The molecule has 1 saturated carbocycles. The van der Waals surface area contributed by atoms with Crippen LogP contribution < -0.4 is 0 Å². The minimum Gasteiger partial charge on any atom is -0.381 e. The van der Waals surface area contributed by atoms with Crippen molar-refractivity contribution in [3.8, 4) is 0 Å². The van der Waals surface area contributed by atoms with Crippen molar-refractivity contribution in [1.29, 1.82) is 0 Å². The van der Waals surface area contributed by atoms with Crippen molar-refractivity contribution in [3.05, 3.63) is 0 Å². The molecule has 23 heavy (non-hydrogen) atoms. The predicted octanol–water partition coefficient (Wildman–Crippen LogP) is 1.15. The maximum absolute atomic E-state index is 12.8. The van der Waals surface area contributed by atoms with E-state index in [1.807, 2.05) is 0 Å². The standard InChI is InChI=1S/C16H31N3O3S/c1-17(16-5-3-2-4-6-16)23(20,21)19-10-8-18(9-11-19)13-15-7-12-22-14-15/h15-16H,2-14H2,1H3. The van der Waals surface area contributed by atoms with Crippen LogP contribution in [0, 0.1) is 5.92 Å². The van der Waals surface area contributed by atoms with Crippen LogP contribution in [0.4, 0.5) is 0 Å². The lowest BCUT2D eigenvalue weighted by Crippen LogP contribution is -2.54. The summed E-state index contributed by atoms with van der Waals surface area (Å²) in [6.07, 6.45) is 6.72. The molecular weight excluding hydrogens is 314 g/mol. The monoisotopic (exact) mass is 345 g/mol. The molecule has 0 amide bonds. The summed E-state index contributed by atoms with van der Waals surface area (Å²) in [5.74, 6) is 0.628. The van der Waals surface area contributed by atoms with Gasteiger partial charge in [-0.15, -0.1) is 0 Å². The molecule has 0 aromatic carbocycles. The molecule has 134 valence electrons. The highest BCUT2D eigenvalue weighted by molar-refractivity contribution is 7.86. The van der Waals surface area contributed by atoms with Gasteiger partial charge in [-0.05, 0) is 25.2 Å². The van der Waals surface area contributed by atoms with Crippen LogP contribution in [0.3, 0.4) is 0 Å². The second-order valence-corrected chi connectivity index (χ2v) is 9.23. The highest BCUT2D eigenvalue weighted by atomic mass is 32.2. The third kappa shape index (κ3) is 4.25. The molecule has 0 bridgehead atoms. The topological polar surface area (TPSA) is 53.1 Å². The molecule has 0 radical (unpaired) electrons. The van der Waals surface area contributed by atoms with Gasteiger partial charge < -0.3 is 9.64 Å². The van der Waals surface area contributed by atoms with Crippen molar-refractivity contribution in [1.82, 2.24) is 13.5 Å². The van der Waals surface area contributed by atoms with E-state index in [2.05, 4.69) is 4.90 Å². The molecule has 2 heterocycles. The molecule has 7 heteroatoms. The van der Waals surface area contributed by atoms with Gasteiger partial charge in [0.1, 0.15) is 0 Å². The van der Waals surface area contributed by atoms with Crippen molar-refractivity contribution in [2.45, 2.75) is 44.6 Å². The van der Waals surface area contributed by atoms with E-state index < -0.39 is 10.2 Å². The van der Waals surface area contributed by atoms with Crippen molar-refractivity contribution in [2.75, 3.05) is 53.0 Å². The average Bonchev–Trinajstić information content (AvgIpc) is 3.08. The summed E-state index contributed by atoms with van der Waals surface area (Å²) in [6.45, 7) is 5.71. The van der Waals surface area contributed by atoms with Crippen LogP contribution in [0.5, 0.6) is 0 Å². The highest BCUT2D eigenvalue weighted by Crippen LogP contribution is 2.25. The summed E-state index contributed by atoms with van der Waals surface area (Å²) in [5, 5.41) is 0. The number of hydrogen-bond acceptors (Lipinski definition) is 4. The van der Waals surface area contributed by atoms with Gasteiger partial charge in [-0.3, -0.25) is 0 Å². The molecule has 6 nitrogen and oxygen atoms in total. The lowest BCUT2D eigenvalue weighted by atomic mass is 9.96. The molecule has 3 aliphatic rings. The number of ether oxygens (including phenoxy) is 1. The molecule has 0 aromatic heterocycles. The fourth-order valence-electron chi connectivity index (χ4n) is 4.05. The van der Waals surface area contributed by atoms with Crippen LogP contribution in [0.15, 0.2) is 0 Å². The van der Waals surface area contributed by atoms with E-state index in [4.69, 9.17) is 4.74 Å². The van der Waals surface area contributed by atoms with Crippen LogP contribution in [-0.2, 0) is 14.9 Å². The zero-order valence-electron chi connectivity index (χ0n) is 14.3. The number of piperazine rings is 1. The molecule has 2 saturated heterocycles. The van der Waals surface area contributed by atoms with E-state index >= 15 is 0 Å². The summed E-state index contributed by atoms with van der Waals surface area (Å²) in [7, 11) is -1.53. The first kappa shape index (κ1) is 17.6. The Morgan fingerprint density at radius 3 is 2.35 bits per heavy atom. The Hall–Kier alpha value is -0.210. The van der Waals surface area contributed by atoms with Gasteiger partial charge in [-0.2, -0.15) is 17.0 Å². The van der Waals surface area contributed by atoms with Gasteiger partial charge in [-0.1, -0.05) is 19.3 Å². The Balaban J connectivity index is 1.51. The van der Waals surface area contributed by atoms with Gasteiger partial charge in [0.25, 0.3) is 10.2 Å². The van der Waals surface area contributed by atoms with Gasteiger partial charge in [0.05, 0.1) is 6.61 Å². The quantitative estimate of drug-likeness (QED) is 0.750. The van der Waals surface area contributed by atoms with E-state index in [-0.39, 0.29) is 6.04 Å². The molecule has 1 aliphatic carbocycles. The van der Waals surface area contributed by atoms with Crippen molar-refractivity contribution >= 4 is 10.2 Å². The van der Waals surface area contributed by atoms with Crippen LogP contribution in [0.1, 0.15) is 38.5 Å². The Bertz CT molecular complexity index is 465. The van der Waals surface area contributed by atoms with Crippen LogP contribution in [0.2, 0.25) is 0 Å². The van der Waals surface area contributed by atoms with Crippen LogP contribution >= 0.6 is 0 Å². The molecule has 0 spiro atoms. The lowest BCUT2D eigenvalue weighted by Gasteiger charge is -2.39. The Morgan fingerprint density at radius 2 is 1.74 bits per heavy atom. The number of rotatable bonds is 5. The van der Waals surface area contributed by atoms with Crippen LogP contribution in [-0.4, -0.2) is 81.0 Å². The summed E-state index contributed by atoms with van der Waals surface area (Å²) in [4.78, 5) is 2.39. The van der Waals surface area contributed by atoms with E-state index in [9.17, 15) is 8.42 Å². The fourth-order valence-corrected chi connectivity index (χ4v) is 5.63. The normalized spacial score (nSPS) is 29.4. The number of nitrogens with zero attached hydrogens (tertiary/aromatic N) is 3. The first-order chi connectivity index (χ1) is 11.1. The Labute approximate surface area is 140 Å². The van der Waals surface area contributed by atoms with Gasteiger partial charge in [0, 0.05) is 52.4 Å². The predicted molar refractivity (Wildman–Crippen MR) is 90.5 cm³/mol. The Kier molecular flexibility index (Phi) is 5.96. The van der Waals surface area contributed by atoms with Crippen LogP contribution in [0.25, 0.3) is 0 Å². The first-order valence-corrected chi connectivity index (χ1v) is 10.5. The Morgan fingerprint density at radius 1 is 1.04 bits per heavy atom. The molecule has 3 rings (SSSR count). The van der Waals surface area contributed by atoms with Gasteiger partial charge >= 0.3 is 0 Å². The van der Waals surface area contributed by atoms with Gasteiger partial charge in [0.2, 0.25) is 0 Å². The summed E-state index contributed by atoms with van der Waals surface area (Å²) in [5.41, 5.74) is 0. The lowest BCUT2D eigenvalue weighted by molar-refractivity contribution is 0.139. The van der Waals surface area contributed by atoms with Crippen molar-refractivity contribution in [2.24, 2.45) is 5.92 Å². The largest absolute Gasteiger partial charge is 0.381 e. The first-order valence-electron chi connectivity index (χ1n) is 9.10. The minimum atomic E-state index is -3.30. The van der Waals surface area contributed by atoms with E-state index in [0.29, 0.717) is 19.0 Å². The average molecular weight is 346 g/mol. The molecule has 3 fully saturated rings. The van der Waals surface area contributed by atoms with E-state index in [1.165, 1.54) is 6.42 Å². The molecule has 1 atom stereocenters. The summed E-state index contributed by atoms with van der Waals surface area (Å²) in [6, 6.07) is 0.197. The molecule has 0 N–H and O–H groups in total. The third-order valence-corrected chi connectivity index (χ3v) is 7.69. The van der Waals surface area contributed by atoms with E-state index in [1.54, 1.807) is 15.7 Å². The maximum Gasteiger partial charge on any atom is 0.282 e. The summed E-state index contributed by atoms with van der Waals surface area (Å²) >= 11 is 0. The molecule has 0 aromatic rings. The zero-order valence-corrected chi connectivity index (χ0v) is 15.1. The van der Waals surface area contributed by atoms with Gasteiger partial charge in [-0.25, -0.2) is 0 Å². The SMILES string of the molecule is CN(C1CCCCC1)S(=O)(=O)N1CCN(CC2CCOC2)CC1. The molecular formula is C16H31N3O3S. The highest BCUT2D eigenvalue weighted by Gasteiger charge is 2.35. The summed E-state index contributed by atoms with van der Waals surface area (Å²) < 4.78 is 34.5. The smallest absolute Gasteiger partial charge is 0.282 e. The van der Waals surface area contributed by atoms with Crippen molar-refractivity contribution in [3.63, 3.8) is 0 Å². The van der Waals surface area contributed by atoms with Gasteiger partial charge in [0.15, 0.2) is 0 Å². The number of hydrogen-bond donors (Lipinski definition) is 0. The van der Waals surface area contributed by atoms with Crippen molar-refractivity contribution < 1.29 is 13.2 Å². The second-order valence-electron chi connectivity index (χ2n) is 7.25. The zero-order chi connectivity index (χ0) is 16.3. The van der Waals surface area contributed by atoms with E-state index in [0.717, 1.165) is 65.0 Å². The molecule has 1 unspecified atom stereocenters. The molecule has 2 aliphatic heterocycles. The fraction of sp³-hybridized carbons (Fsp3) is 1.00.